The number of fused-ring (bicyclic) bond motifs is 1. The molecule has 1 heterocycles. The Kier molecular flexibility index (Phi) is 4.95. The van der Waals surface area contributed by atoms with Gasteiger partial charge in [-0.15, -0.1) is 11.3 Å². The lowest BCUT2D eigenvalue weighted by molar-refractivity contribution is 0.568. The number of nitrogens with one attached hydrogen (secondary N) is 1. The van der Waals surface area contributed by atoms with Crippen LogP contribution in [0.25, 0.3) is 0 Å². The van der Waals surface area contributed by atoms with Crippen molar-refractivity contribution in [2.45, 2.75) is 70.8 Å². The fraction of sp³-hybridized carbons (Fsp3) is 0.667. The van der Waals surface area contributed by atoms with Gasteiger partial charge >= 0.3 is 0 Å². The van der Waals surface area contributed by atoms with Crippen molar-refractivity contribution in [1.82, 2.24) is 5.32 Å². The van der Waals surface area contributed by atoms with Crippen molar-refractivity contribution in [1.29, 1.82) is 0 Å². The van der Waals surface area contributed by atoms with Gasteiger partial charge in [-0.25, -0.2) is 0 Å². The van der Waals surface area contributed by atoms with Gasteiger partial charge < -0.3 is 5.32 Å². The minimum atomic E-state index is 0.523. The van der Waals surface area contributed by atoms with Gasteiger partial charge in [-0.2, -0.15) is 0 Å². The largest absolute Gasteiger partial charge is 0.309 e. The van der Waals surface area contributed by atoms with Crippen LogP contribution in [0.5, 0.6) is 0 Å². The molecule has 0 saturated carbocycles. The number of hydrogen-bond donors (Lipinski definition) is 1. The molecule has 1 unspecified atom stereocenters. The van der Waals surface area contributed by atoms with E-state index in [9.17, 15) is 0 Å². The average molecular weight is 289 g/mol. The highest BCUT2D eigenvalue weighted by molar-refractivity contribution is 7.12. The predicted molar refractivity (Wildman–Crippen MR) is 88.5 cm³/mol. The van der Waals surface area contributed by atoms with Crippen LogP contribution >= 0.6 is 11.3 Å². The lowest BCUT2D eigenvalue weighted by atomic mass is 9.97. The van der Waals surface area contributed by atoms with Crippen LogP contribution in [0.15, 0.2) is 17.7 Å². The molecular formula is C18H27NS. The van der Waals surface area contributed by atoms with Crippen molar-refractivity contribution in [3.05, 3.63) is 33.0 Å². The molecule has 0 aromatic carbocycles. The van der Waals surface area contributed by atoms with Gasteiger partial charge in [-0.1, -0.05) is 11.6 Å². The standard InChI is InChI=1S/C18H27NS/c1-14(19-12-11-15-7-3-2-4-8-15)18-13-16-9-5-6-10-17(16)20-18/h7,13-14,19H,2-6,8-12H2,1H3. The number of thiophene rings is 1. The van der Waals surface area contributed by atoms with Crippen molar-refractivity contribution < 1.29 is 0 Å². The quantitative estimate of drug-likeness (QED) is 0.738. The Balaban J connectivity index is 1.50. The highest BCUT2D eigenvalue weighted by atomic mass is 32.1. The molecule has 2 aliphatic carbocycles. The summed E-state index contributed by atoms with van der Waals surface area (Å²) >= 11 is 2.05. The van der Waals surface area contributed by atoms with Gasteiger partial charge in [0.2, 0.25) is 0 Å². The molecule has 1 atom stereocenters. The number of rotatable bonds is 5. The maximum atomic E-state index is 3.72. The summed E-state index contributed by atoms with van der Waals surface area (Å²) in [5.74, 6) is 0. The smallest absolute Gasteiger partial charge is 0.0386 e. The monoisotopic (exact) mass is 289 g/mol. The second-order valence-electron chi connectivity index (χ2n) is 6.34. The molecule has 20 heavy (non-hydrogen) atoms. The first-order chi connectivity index (χ1) is 9.83. The molecule has 0 saturated heterocycles. The van der Waals surface area contributed by atoms with Gasteiger partial charge in [0.15, 0.2) is 0 Å². The van der Waals surface area contributed by atoms with Crippen LogP contribution < -0.4 is 5.32 Å². The number of hydrogen-bond acceptors (Lipinski definition) is 2. The Morgan fingerprint density at radius 3 is 2.80 bits per heavy atom. The van der Waals surface area contributed by atoms with Crippen molar-refractivity contribution >= 4 is 11.3 Å². The molecule has 0 amide bonds. The molecule has 3 rings (SSSR count). The zero-order chi connectivity index (χ0) is 13.8. The molecule has 0 fully saturated rings. The van der Waals surface area contributed by atoms with Crippen molar-refractivity contribution in [3.63, 3.8) is 0 Å². The second-order valence-corrected chi connectivity index (χ2v) is 7.51. The Morgan fingerprint density at radius 2 is 2.00 bits per heavy atom. The van der Waals surface area contributed by atoms with Gasteiger partial charge in [-0.3, -0.25) is 0 Å². The van der Waals surface area contributed by atoms with E-state index in [0.717, 1.165) is 6.54 Å². The SMILES string of the molecule is CC(NCCC1=CCCCC1)c1cc2c(s1)CCCC2. The molecule has 1 N–H and O–H groups in total. The molecule has 110 valence electrons. The molecule has 1 aromatic heterocycles. The highest BCUT2D eigenvalue weighted by Crippen LogP contribution is 2.32. The van der Waals surface area contributed by atoms with Crippen LogP contribution in [-0.2, 0) is 12.8 Å². The Bertz CT molecular complexity index is 448. The minimum Gasteiger partial charge on any atom is -0.309 e. The van der Waals surface area contributed by atoms with E-state index in [-0.39, 0.29) is 0 Å². The first-order valence-corrected chi connectivity index (χ1v) is 9.17. The van der Waals surface area contributed by atoms with Crippen LogP contribution in [0.1, 0.15) is 73.2 Å². The molecule has 1 nitrogen and oxygen atoms in total. The summed E-state index contributed by atoms with van der Waals surface area (Å²) < 4.78 is 0. The van der Waals surface area contributed by atoms with Gasteiger partial charge in [0.1, 0.15) is 0 Å². The third kappa shape index (κ3) is 3.53. The van der Waals surface area contributed by atoms with Gasteiger partial charge in [0, 0.05) is 15.8 Å². The summed E-state index contributed by atoms with van der Waals surface area (Å²) in [6.45, 7) is 3.46. The molecule has 0 spiro atoms. The van der Waals surface area contributed by atoms with E-state index in [2.05, 4.69) is 35.7 Å². The first kappa shape index (κ1) is 14.3. The molecule has 1 aromatic rings. The van der Waals surface area contributed by atoms with Gasteiger partial charge in [0.25, 0.3) is 0 Å². The normalized spacial score (nSPS) is 20.4. The average Bonchev–Trinajstić information content (AvgIpc) is 2.92. The third-order valence-corrected chi connectivity index (χ3v) is 6.14. The van der Waals surface area contributed by atoms with E-state index in [4.69, 9.17) is 0 Å². The zero-order valence-corrected chi connectivity index (χ0v) is 13.5. The maximum Gasteiger partial charge on any atom is 0.0386 e. The number of aryl methyl sites for hydroxylation is 2. The van der Waals surface area contributed by atoms with Crippen molar-refractivity contribution in [2.24, 2.45) is 0 Å². The molecular weight excluding hydrogens is 262 g/mol. The van der Waals surface area contributed by atoms with Gasteiger partial charge in [0.05, 0.1) is 0 Å². The molecule has 2 heteroatoms. The Morgan fingerprint density at radius 1 is 1.15 bits per heavy atom. The van der Waals surface area contributed by atoms with E-state index in [0.29, 0.717) is 6.04 Å². The van der Waals surface area contributed by atoms with Crippen LogP contribution in [0, 0.1) is 0 Å². The van der Waals surface area contributed by atoms with E-state index < -0.39 is 0 Å². The Labute approximate surface area is 127 Å². The van der Waals surface area contributed by atoms with Crippen LogP contribution in [0.2, 0.25) is 0 Å². The molecule has 0 aliphatic heterocycles. The lowest BCUT2D eigenvalue weighted by Crippen LogP contribution is -2.19. The van der Waals surface area contributed by atoms with Crippen LogP contribution in [-0.4, -0.2) is 6.54 Å². The van der Waals surface area contributed by atoms with Crippen LogP contribution in [0.4, 0.5) is 0 Å². The summed E-state index contributed by atoms with van der Waals surface area (Å²) in [6, 6.07) is 2.99. The van der Waals surface area contributed by atoms with Gasteiger partial charge in [-0.05, 0) is 82.9 Å². The predicted octanol–water partition coefficient (Wildman–Crippen LogP) is 5.17. The molecule has 0 bridgehead atoms. The van der Waals surface area contributed by atoms with E-state index in [1.54, 1.807) is 20.9 Å². The molecule has 2 aliphatic rings. The summed E-state index contributed by atoms with van der Waals surface area (Å²) in [7, 11) is 0. The highest BCUT2D eigenvalue weighted by Gasteiger charge is 2.16. The fourth-order valence-electron chi connectivity index (χ4n) is 3.41. The number of allylic oxidation sites excluding steroid dienone is 1. The van der Waals surface area contributed by atoms with Crippen LogP contribution in [0.3, 0.4) is 0 Å². The van der Waals surface area contributed by atoms with E-state index in [1.165, 1.54) is 57.8 Å². The topological polar surface area (TPSA) is 12.0 Å². The lowest BCUT2D eigenvalue weighted by Gasteiger charge is -2.15. The zero-order valence-electron chi connectivity index (χ0n) is 12.7. The first-order valence-electron chi connectivity index (χ1n) is 8.35. The maximum absolute atomic E-state index is 3.72. The van der Waals surface area contributed by atoms with Crippen molar-refractivity contribution in [2.75, 3.05) is 6.54 Å². The fourth-order valence-corrected chi connectivity index (χ4v) is 4.69. The van der Waals surface area contributed by atoms with E-state index >= 15 is 0 Å². The third-order valence-electron chi connectivity index (χ3n) is 4.72. The summed E-state index contributed by atoms with van der Waals surface area (Å²) in [5.41, 5.74) is 3.32. The minimum absolute atomic E-state index is 0.523. The summed E-state index contributed by atoms with van der Waals surface area (Å²) in [6.07, 6.45) is 14.6. The Hall–Kier alpha value is -0.600. The summed E-state index contributed by atoms with van der Waals surface area (Å²) in [5, 5.41) is 3.72. The van der Waals surface area contributed by atoms with E-state index in [1.807, 2.05) is 0 Å². The molecule has 0 radical (unpaired) electrons. The second kappa shape index (κ2) is 6.91. The van der Waals surface area contributed by atoms with Crippen molar-refractivity contribution in [3.8, 4) is 0 Å². The summed E-state index contributed by atoms with van der Waals surface area (Å²) in [4.78, 5) is 3.21.